The molecule has 1 fully saturated rings. The molecule has 0 amide bonds. The molecule has 3 aromatic carbocycles. The van der Waals surface area contributed by atoms with Crippen LogP contribution in [0.2, 0.25) is 0 Å². The van der Waals surface area contributed by atoms with Gasteiger partial charge in [-0.2, -0.15) is 0 Å². The Kier molecular flexibility index (Phi) is 7.14. The summed E-state index contributed by atoms with van der Waals surface area (Å²) in [5.74, 6) is 0. The van der Waals surface area contributed by atoms with E-state index in [2.05, 4.69) is 4.98 Å². The van der Waals surface area contributed by atoms with Crippen molar-refractivity contribution < 1.29 is 19.6 Å². The monoisotopic (exact) mass is 514 g/mol. The second kappa shape index (κ2) is 10.5. The molecule has 0 radical (unpaired) electrons. The average molecular weight is 515 g/mol. The van der Waals surface area contributed by atoms with Crippen LogP contribution in [0, 0.1) is 6.92 Å². The van der Waals surface area contributed by atoms with Gasteiger partial charge in [-0.15, -0.1) is 0 Å². The quantitative estimate of drug-likeness (QED) is 0.213. The van der Waals surface area contributed by atoms with Crippen LogP contribution < -0.4 is 11.2 Å². The van der Waals surface area contributed by atoms with Crippen LogP contribution in [0.3, 0.4) is 0 Å². The second-order valence-corrected chi connectivity index (χ2v) is 9.45. The maximum Gasteiger partial charge on any atom is 0.330 e. The first-order valence-electron chi connectivity index (χ1n) is 12.4. The van der Waals surface area contributed by atoms with E-state index in [1.54, 1.807) is 6.92 Å². The number of hydrogen-bond donors (Lipinski definition) is 2. The first kappa shape index (κ1) is 25.8. The van der Waals surface area contributed by atoms with E-state index >= 15 is 0 Å². The number of hydrogen-bond acceptors (Lipinski definition) is 6. The molecular formula is C30H30N2O6. The van der Waals surface area contributed by atoms with Crippen molar-refractivity contribution in [1.29, 1.82) is 0 Å². The lowest BCUT2D eigenvalue weighted by molar-refractivity contribution is -0.295. The molecule has 0 aliphatic carbocycles. The molecule has 4 aromatic rings. The average Bonchev–Trinajstić information content (AvgIpc) is 3.28. The van der Waals surface area contributed by atoms with E-state index in [0.29, 0.717) is 5.56 Å². The third-order valence-corrected chi connectivity index (χ3v) is 7.33. The van der Waals surface area contributed by atoms with Crippen molar-refractivity contribution >= 4 is 0 Å². The van der Waals surface area contributed by atoms with E-state index in [1.165, 1.54) is 17.9 Å². The molecule has 2 N–H and O–H groups in total. The Labute approximate surface area is 220 Å². The van der Waals surface area contributed by atoms with Crippen LogP contribution in [-0.4, -0.2) is 40.6 Å². The fraction of sp³-hybridized carbons (Fsp3) is 0.267. The first-order valence-corrected chi connectivity index (χ1v) is 12.4. The van der Waals surface area contributed by atoms with Crippen molar-refractivity contribution in [3.63, 3.8) is 0 Å². The highest BCUT2D eigenvalue weighted by Gasteiger charge is 2.63. The van der Waals surface area contributed by atoms with Gasteiger partial charge >= 0.3 is 5.69 Å². The topological polar surface area (TPSA) is 103 Å². The summed E-state index contributed by atoms with van der Waals surface area (Å²) in [6.07, 6.45) is -0.310. The molecule has 2 heterocycles. The highest BCUT2D eigenvalue weighted by atomic mass is 17.2. The predicted octanol–water partition coefficient (Wildman–Crippen LogP) is 3.26. The van der Waals surface area contributed by atoms with Gasteiger partial charge in [0.05, 0.1) is 18.6 Å². The molecule has 0 unspecified atom stereocenters. The standard InChI is InChI=1S/C30H30N2O6/c1-21-19-32(28(35)31-27(21)34)29(18-25(33)26(38-29)20-37-36-2)30(22-12-6-3-7-13-22,23-14-8-4-9-15-23)24-16-10-5-11-17-24/h3-17,19,25-26,33H,18,20H2,1-2H3,(H,31,34,35)/t25-,26+,29-/m0/s1. The van der Waals surface area contributed by atoms with E-state index in [1.807, 2.05) is 91.0 Å². The van der Waals surface area contributed by atoms with Gasteiger partial charge in [0.2, 0.25) is 0 Å². The third kappa shape index (κ3) is 4.12. The van der Waals surface area contributed by atoms with Gasteiger partial charge in [-0.25, -0.2) is 14.6 Å². The van der Waals surface area contributed by atoms with E-state index in [9.17, 15) is 14.7 Å². The zero-order chi connectivity index (χ0) is 26.8. The molecule has 3 atom stereocenters. The summed E-state index contributed by atoms with van der Waals surface area (Å²) in [6, 6.07) is 29.3. The van der Waals surface area contributed by atoms with Crippen molar-refractivity contribution in [3.8, 4) is 0 Å². The Morgan fingerprint density at radius 1 is 0.947 bits per heavy atom. The zero-order valence-electron chi connectivity index (χ0n) is 21.2. The fourth-order valence-corrected chi connectivity index (χ4v) is 5.73. The van der Waals surface area contributed by atoms with Crippen molar-refractivity contribution in [2.24, 2.45) is 0 Å². The van der Waals surface area contributed by atoms with E-state index in [-0.39, 0.29) is 13.0 Å². The number of nitrogens with one attached hydrogen (secondary N) is 1. The van der Waals surface area contributed by atoms with Gasteiger partial charge in [-0.1, -0.05) is 91.0 Å². The van der Waals surface area contributed by atoms with Crippen LogP contribution in [0.5, 0.6) is 0 Å². The number of aliphatic hydroxyl groups is 1. The Bertz CT molecular complexity index is 1390. The normalized spacial score (nSPS) is 21.4. The summed E-state index contributed by atoms with van der Waals surface area (Å²) in [6.45, 7) is 1.57. The van der Waals surface area contributed by atoms with Gasteiger partial charge < -0.3 is 9.84 Å². The highest BCUT2D eigenvalue weighted by Crippen LogP contribution is 2.56. The molecule has 1 aliphatic heterocycles. The minimum atomic E-state index is -1.52. The Balaban J connectivity index is 1.96. The third-order valence-electron chi connectivity index (χ3n) is 7.33. The molecular weight excluding hydrogens is 484 g/mol. The molecule has 0 bridgehead atoms. The van der Waals surface area contributed by atoms with Crippen LogP contribution >= 0.6 is 0 Å². The van der Waals surface area contributed by atoms with Gasteiger partial charge in [-0.3, -0.25) is 14.3 Å². The molecule has 5 rings (SSSR count). The molecule has 1 aliphatic rings. The van der Waals surface area contributed by atoms with Crippen molar-refractivity contribution in [2.45, 2.75) is 36.7 Å². The zero-order valence-corrected chi connectivity index (χ0v) is 21.2. The number of ether oxygens (including phenoxy) is 1. The predicted molar refractivity (Wildman–Crippen MR) is 142 cm³/mol. The summed E-state index contributed by atoms with van der Waals surface area (Å²) >= 11 is 0. The van der Waals surface area contributed by atoms with Crippen LogP contribution in [0.25, 0.3) is 0 Å². The molecule has 0 saturated carbocycles. The Morgan fingerprint density at radius 3 is 1.92 bits per heavy atom. The molecule has 1 saturated heterocycles. The minimum Gasteiger partial charge on any atom is -0.390 e. The van der Waals surface area contributed by atoms with Crippen LogP contribution in [0.15, 0.2) is 107 Å². The number of rotatable bonds is 8. The summed E-state index contributed by atoms with van der Waals surface area (Å²) in [4.78, 5) is 38.5. The van der Waals surface area contributed by atoms with Crippen molar-refractivity contribution in [2.75, 3.05) is 13.7 Å². The number of aromatic nitrogens is 2. The van der Waals surface area contributed by atoms with Gasteiger partial charge in [0, 0.05) is 18.2 Å². The molecule has 0 spiro atoms. The number of benzene rings is 3. The number of nitrogens with zero attached hydrogens (tertiary/aromatic N) is 1. The lowest BCUT2D eigenvalue weighted by Crippen LogP contribution is -2.59. The molecule has 38 heavy (non-hydrogen) atoms. The molecule has 1 aromatic heterocycles. The highest BCUT2D eigenvalue weighted by molar-refractivity contribution is 5.54. The fourth-order valence-electron chi connectivity index (χ4n) is 5.73. The number of aromatic amines is 1. The van der Waals surface area contributed by atoms with E-state index in [4.69, 9.17) is 14.5 Å². The van der Waals surface area contributed by atoms with Gasteiger partial charge in [0.25, 0.3) is 5.56 Å². The minimum absolute atomic E-state index is 0.0226. The van der Waals surface area contributed by atoms with Gasteiger partial charge in [-0.05, 0) is 23.6 Å². The Hall–Kier alpha value is -3.82. The molecule has 8 heteroatoms. The first-order chi connectivity index (χ1) is 18.4. The van der Waals surface area contributed by atoms with Crippen molar-refractivity contribution in [1.82, 2.24) is 9.55 Å². The Morgan fingerprint density at radius 2 is 1.45 bits per heavy atom. The summed E-state index contributed by atoms with van der Waals surface area (Å²) in [7, 11) is 1.38. The SMILES string of the molecule is COOC[C@H]1O[C@](n2cc(C)c(=O)[nH]c2=O)(C(c2ccccc2)(c2ccccc2)c2ccccc2)C[C@@H]1O. The summed E-state index contributed by atoms with van der Waals surface area (Å²) in [5, 5.41) is 11.4. The summed E-state index contributed by atoms with van der Waals surface area (Å²) < 4.78 is 8.26. The lowest BCUT2D eigenvalue weighted by atomic mass is 9.61. The second-order valence-electron chi connectivity index (χ2n) is 9.45. The van der Waals surface area contributed by atoms with Crippen LogP contribution in [0.1, 0.15) is 28.7 Å². The largest absolute Gasteiger partial charge is 0.390 e. The van der Waals surface area contributed by atoms with Gasteiger partial charge in [0.15, 0.2) is 5.72 Å². The van der Waals surface area contributed by atoms with Crippen LogP contribution in [-0.2, 0) is 25.7 Å². The van der Waals surface area contributed by atoms with Crippen LogP contribution in [0.4, 0.5) is 0 Å². The van der Waals surface area contributed by atoms with Gasteiger partial charge in [0.1, 0.15) is 12.7 Å². The molecule has 196 valence electrons. The number of aryl methyl sites for hydroxylation is 1. The maximum absolute atomic E-state index is 13.6. The number of aliphatic hydroxyl groups excluding tert-OH is 1. The summed E-state index contributed by atoms with van der Waals surface area (Å²) in [5.41, 5.74) is -0.937. The maximum atomic E-state index is 13.6. The molecule has 8 nitrogen and oxygen atoms in total. The number of H-pyrrole nitrogens is 1. The van der Waals surface area contributed by atoms with E-state index in [0.717, 1.165) is 16.7 Å². The van der Waals surface area contributed by atoms with Crippen molar-refractivity contribution in [3.05, 3.63) is 140 Å². The van der Waals surface area contributed by atoms with E-state index < -0.39 is 34.6 Å². The smallest absolute Gasteiger partial charge is 0.330 e. The lowest BCUT2D eigenvalue weighted by Gasteiger charge is -2.50.